The van der Waals surface area contributed by atoms with Crippen LogP contribution < -0.4 is 15.6 Å². The van der Waals surface area contributed by atoms with Crippen molar-refractivity contribution in [2.45, 2.75) is 13.8 Å². The number of amides is 1. The lowest BCUT2D eigenvalue weighted by Gasteiger charge is -2.11. The third-order valence-electron chi connectivity index (χ3n) is 4.86. The molecule has 10 heteroatoms. The highest BCUT2D eigenvalue weighted by atomic mass is 79.9. The fourth-order valence-electron chi connectivity index (χ4n) is 3.33. The minimum atomic E-state index is -0.659. The number of carbonyl (C=O) groups is 2. The van der Waals surface area contributed by atoms with Crippen molar-refractivity contribution in [3.8, 4) is 11.4 Å². The second-order valence-electron chi connectivity index (χ2n) is 7.00. The summed E-state index contributed by atoms with van der Waals surface area (Å²) in [6, 6.07) is 13.7. The molecule has 0 radical (unpaired) electrons. The van der Waals surface area contributed by atoms with Gasteiger partial charge in [-0.05, 0) is 66.2 Å². The summed E-state index contributed by atoms with van der Waals surface area (Å²) in [5.74, 6) is -0.408. The number of ether oxygens (including phenoxy) is 2. The Kier molecular flexibility index (Phi) is 7.09. The first kappa shape index (κ1) is 23.7. The van der Waals surface area contributed by atoms with Crippen molar-refractivity contribution in [3.05, 3.63) is 80.0 Å². The molecule has 0 saturated heterocycles. The summed E-state index contributed by atoms with van der Waals surface area (Å²) in [4.78, 5) is 39.1. The summed E-state index contributed by atoms with van der Waals surface area (Å²) in [5, 5.41) is 9.54. The van der Waals surface area contributed by atoms with Crippen LogP contribution in [0.5, 0.6) is 5.75 Å². The molecule has 174 valence electrons. The molecule has 0 saturated carbocycles. The van der Waals surface area contributed by atoms with E-state index in [2.05, 4.69) is 26.3 Å². The van der Waals surface area contributed by atoms with Crippen LogP contribution in [0, 0.1) is 0 Å². The molecule has 2 aromatic heterocycles. The molecule has 0 spiro atoms. The number of aromatic nitrogens is 2. The number of fused-ring (bicyclic) bond motifs is 1. The number of anilines is 1. The van der Waals surface area contributed by atoms with E-state index in [0.29, 0.717) is 38.5 Å². The molecular weight excluding hydrogens is 522 g/mol. The maximum absolute atomic E-state index is 13.5. The van der Waals surface area contributed by atoms with Gasteiger partial charge in [-0.15, -0.1) is 11.3 Å². The molecule has 34 heavy (non-hydrogen) atoms. The molecule has 0 aliphatic rings. The van der Waals surface area contributed by atoms with Gasteiger partial charge in [-0.25, -0.2) is 4.79 Å². The molecule has 2 heterocycles. The second kappa shape index (κ2) is 10.2. The zero-order valence-electron chi connectivity index (χ0n) is 18.3. The topological polar surface area (TPSA) is 99.5 Å². The quantitative estimate of drug-likeness (QED) is 0.329. The normalized spacial score (nSPS) is 10.8. The van der Waals surface area contributed by atoms with Gasteiger partial charge >= 0.3 is 5.97 Å². The van der Waals surface area contributed by atoms with Crippen LogP contribution in [0.1, 0.15) is 34.7 Å². The van der Waals surface area contributed by atoms with Gasteiger partial charge in [0, 0.05) is 15.2 Å². The number of benzene rings is 2. The third kappa shape index (κ3) is 4.59. The molecule has 1 N–H and O–H groups in total. The van der Waals surface area contributed by atoms with Gasteiger partial charge in [0.25, 0.3) is 11.5 Å². The zero-order valence-corrected chi connectivity index (χ0v) is 20.7. The lowest BCUT2D eigenvalue weighted by molar-refractivity contribution is 0.0520. The lowest BCUT2D eigenvalue weighted by Crippen LogP contribution is -2.25. The Morgan fingerprint density at radius 2 is 1.82 bits per heavy atom. The predicted molar refractivity (Wildman–Crippen MR) is 134 cm³/mol. The Morgan fingerprint density at radius 3 is 2.50 bits per heavy atom. The molecule has 0 fully saturated rings. The van der Waals surface area contributed by atoms with Crippen molar-refractivity contribution >= 4 is 54.9 Å². The largest absolute Gasteiger partial charge is 0.494 e. The SMILES string of the molecule is CCOC(=O)c1nn(-c2ccc(OCC)cc2)c(=O)c2c(NC(=O)c3ccccc3Br)scc12. The molecule has 0 unspecified atom stereocenters. The summed E-state index contributed by atoms with van der Waals surface area (Å²) >= 11 is 4.51. The fraction of sp³-hybridized carbons (Fsp3) is 0.167. The minimum Gasteiger partial charge on any atom is -0.494 e. The van der Waals surface area contributed by atoms with Crippen LogP contribution in [0.2, 0.25) is 0 Å². The number of rotatable bonds is 7. The van der Waals surface area contributed by atoms with E-state index in [1.54, 1.807) is 60.8 Å². The highest BCUT2D eigenvalue weighted by Crippen LogP contribution is 2.31. The summed E-state index contributed by atoms with van der Waals surface area (Å²) < 4.78 is 12.4. The number of nitrogens with one attached hydrogen (secondary N) is 1. The lowest BCUT2D eigenvalue weighted by atomic mass is 10.2. The van der Waals surface area contributed by atoms with Crippen LogP contribution in [-0.4, -0.2) is 34.9 Å². The smallest absolute Gasteiger partial charge is 0.359 e. The fourth-order valence-corrected chi connectivity index (χ4v) is 4.73. The van der Waals surface area contributed by atoms with Crippen molar-refractivity contribution in [1.29, 1.82) is 0 Å². The molecule has 1 amide bonds. The van der Waals surface area contributed by atoms with Crippen LogP contribution in [0.15, 0.2) is 63.2 Å². The Hall–Kier alpha value is -3.50. The molecule has 0 aliphatic carbocycles. The van der Waals surface area contributed by atoms with Gasteiger partial charge in [0.15, 0.2) is 5.69 Å². The number of hydrogen-bond acceptors (Lipinski definition) is 7. The molecule has 4 aromatic rings. The van der Waals surface area contributed by atoms with Gasteiger partial charge in [-0.1, -0.05) is 12.1 Å². The maximum Gasteiger partial charge on any atom is 0.359 e. The number of hydrogen-bond donors (Lipinski definition) is 1. The van der Waals surface area contributed by atoms with E-state index in [1.165, 1.54) is 0 Å². The number of nitrogens with zero attached hydrogens (tertiary/aromatic N) is 2. The number of carbonyl (C=O) groups excluding carboxylic acids is 2. The molecule has 0 aliphatic heterocycles. The highest BCUT2D eigenvalue weighted by molar-refractivity contribution is 9.10. The summed E-state index contributed by atoms with van der Waals surface area (Å²) in [7, 11) is 0. The standard InChI is InChI=1S/C24H20BrN3O5S/c1-3-32-15-11-9-14(10-12-15)28-23(30)19-17(20(27-28)24(31)33-4-2)13-34-22(19)26-21(29)16-7-5-6-8-18(16)25/h5-13H,3-4H2,1-2H3,(H,26,29). The summed E-state index contributed by atoms with van der Waals surface area (Å²) in [6.07, 6.45) is 0. The molecule has 2 aromatic carbocycles. The zero-order chi connectivity index (χ0) is 24.2. The molecule has 0 atom stereocenters. The second-order valence-corrected chi connectivity index (χ2v) is 8.73. The van der Waals surface area contributed by atoms with E-state index in [9.17, 15) is 14.4 Å². The predicted octanol–water partition coefficient (Wildman–Crippen LogP) is 5.04. The summed E-state index contributed by atoms with van der Waals surface area (Å²) in [5.41, 5.74) is 0.365. The van der Waals surface area contributed by atoms with Gasteiger partial charge in [-0.2, -0.15) is 9.78 Å². The number of esters is 1. The Balaban J connectivity index is 1.86. The molecule has 4 rings (SSSR count). The van der Waals surface area contributed by atoms with Crippen LogP contribution in [0.3, 0.4) is 0 Å². The van der Waals surface area contributed by atoms with Crippen molar-refractivity contribution < 1.29 is 19.1 Å². The van der Waals surface area contributed by atoms with Crippen molar-refractivity contribution in [2.24, 2.45) is 0 Å². The number of halogens is 1. The van der Waals surface area contributed by atoms with Crippen LogP contribution in [0.4, 0.5) is 5.00 Å². The third-order valence-corrected chi connectivity index (χ3v) is 6.45. The number of thiophene rings is 1. The average Bonchev–Trinajstić information content (AvgIpc) is 3.24. The van der Waals surface area contributed by atoms with Crippen LogP contribution in [0.25, 0.3) is 16.5 Å². The molecule has 0 bridgehead atoms. The van der Waals surface area contributed by atoms with Gasteiger partial charge in [0.05, 0.1) is 29.9 Å². The van der Waals surface area contributed by atoms with Crippen molar-refractivity contribution in [1.82, 2.24) is 9.78 Å². The Labute approximate surface area is 207 Å². The van der Waals surface area contributed by atoms with Crippen LogP contribution >= 0.6 is 27.3 Å². The minimum absolute atomic E-state index is 0.0111. The first-order valence-corrected chi connectivity index (χ1v) is 12.1. The van der Waals surface area contributed by atoms with Gasteiger partial charge in [-0.3, -0.25) is 9.59 Å². The average molecular weight is 542 g/mol. The van der Waals surface area contributed by atoms with Crippen molar-refractivity contribution in [2.75, 3.05) is 18.5 Å². The first-order valence-electron chi connectivity index (χ1n) is 10.4. The maximum atomic E-state index is 13.5. The molecule has 8 nitrogen and oxygen atoms in total. The monoisotopic (exact) mass is 541 g/mol. The Morgan fingerprint density at radius 1 is 1.09 bits per heavy atom. The first-order chi connectivity index (χ1) is 16.4. The molecular formula is C24H20BrN3O5S. The Bertz CT molecular complexity index is 1430. The van der Waals surface area contributed by atoms with Gasteiger partial charge < -0.3 is 14.8 Å². The van der Waals surface area contributed by atoms with E-state index >= 15 is 0 Å². The van der Waals surface area contributed by atoms with Gasteiger partial charge in [0.1, 0.15) is 10.8 Å². The van der Waals surface area contributed by atoms with E-state index in [1.807, 2.05) is 6.92 Å². The van der Waals surface area contributed by atoms with Gasteiger partial charge in [0.2, 0.25) is 0 Å². The van der Waals surface area contributed by atoms with E-state index in [0.717, 1.165) is 16.0 Å². The summed E-state index contributed by atoms with van der Waals surface area (Å²) in [6.45, 7) is 4.22. The van der Waals surface area contributed by atoms with Crippen LogP contribution in [-0.2, 0) is 4.74 Å². The van der Waals surface area contributed by atoms with E-state index in [4.69, 9.17) is 9.47 Å². The highest BCUT2D eigenvalue weighted by Gasteiger charge is 2.23. The van der Waals surface area contributed by atoms with E-state index in [-0.39, 0.29) is 17.7 Å². The van der Waals surface area contributed by atoms with E-state index < -0.39 is 17.4 Å². The van der Waals surface area contributed by atoms with Crippen molar-refractivity contribution in [3.63, 3.8) is 0 Å².